The van der Waals surface area contributed by atoms with Gasteiger partial charge in [0.25, 0.3) is 17.7 Å². The fraction of sp³-hybridized carbons (Fsp3) is 0.271. The molecule has 12 nitrogen and oxygen atoms in total. The second-order valence-electron chi connectivity index (χ2n) is 21.1. The van der Waals surface area contributed by atoms with Crippen molar-refractivity contribution in [2.45, 2.75) is 115 Å². The van der Waals surface area contributed by atoms with Crippen LogP contribution in [0, 0.1) is 5.92 Å². The first-order valence-corrected chi connectivity index (χ1v) is 28.9. The molecule has 8 aromatic carbocycles. The summed E-state index contributed by atoms with van der Waals surface area (Å²) >= 11 is 0. The SMILES string of the molecule is O=C(Nc1ccc(OCc2ccccc2)cc1)C(O)CC1CCCCC1.O=C(Nc1ccc(OCc2ccccc2)cc1)C(O)CCc1ccc(C(F)(F)F)cc1.O=C(Nc1cccc(OCc2ccccc2)c1)C(O)CCc1ccc(C(F)(F)F)cc1. The van der Waals surface area contributed by atoms with Crippen LogP contribution in [-0.4, -0.2) is 51.4 Å². The van der Waals surface area contributed by atoms with Crippen LogP contribution in [0.25, 0.3) is 0 Å². The molecule has 0 saturated heterocycles. The minimum atomic E-state index is -4.39. The highest BCUT2D eigenvalue weighted by Crippen LogP contribution is 2.32. The number of hydrogen-bond donors (Lipinski definition) is 6. The molecular formula is C70H71F6N3O9. The van der Waals surface area contributed by atoms with E-state index in [1.165, 1.54) is 43.5 Å². The second-order valence-corrected chi connectivity index (χ2v) is 21.1. The molecule has 9 rings (SSSR count). The number of aliphatic hydroxyl groups is 3. The largest absolute Gasteiger partial charge is 0.489 e. The van der Waals surface area contributed by atoms with E-state index in [1.807, 2.05) is 103 Å². The molecule has 462 valence electrons. The Bertz CT molecular complexity index is 3350. The van der Waals surface area contributed by atoms with Gasteiger partial charge in [0.05, 0.1) is 11.1 Å². The monoisotopic (exact) mass is 1210 g/mol. The average molecular weight is 1210 g/mol. The zero-order valence-electron chi connectivity index (χ0n) is 48.3. The molecule has 18 heteroatoms. The van der Waals surface area contributed by atoms with Crippen molar-refractivity contribution in [2.75, 3.05) is 16.0 Å². The Hall–Kier alpha value is -8.97. The van der Waals surface area contributed by atoms with Gasteiger partial charge in [0.15, 0.2) is 0 Å². The van der Waals surface area contributed by atoms with Crippen LogP contribution >= 0.6 is 0 Å². The lowest BCUT2D eigenvalue weighted by Gasteiger charge is -2.23. The quantitative estimate of drug-likeness (QED) is 0.0341. The topological polar surface area (TPSA) is 176 Å². The van der Waals surface area contributed by atoms with Crippen molar-refractivity contribution in [3.63, 3.8) is 0 Å². The van der Waals surface area contributed by atoms with Gasteiger partial charge in [0.1, 0.15) is 55.4 Å². The first-order valence-electron chi connectivity index (χ1n) is 28.9. The van der Waals surface area contributed by atoms with Crippen molar-refractivity contribution in [3.8, 4) is 17.2 Å². The molecule has 3 atom stereocenters. The van der Waals surface area contributed by atoms with Gasteiger partial charge in [-0.15, -0.1) is 0 Å². The molecule has 0 aromatic heterocycles. The van der Waals surface area contributed by atoms with E-state index >= 15 is 0 Å². The first kappa shape index (κ1) is 66.6. The number of carbonyl (C=O) groups excluding carboxylic acids is 3. The third-order valence-corrected chi connectivity index (χ3v) is 14.3. The molecule has 0 radical (unpaired) electrons. The Morgan fingerprint density at radius 2 is 0.761 bits per heavy atom. The summed E-state index contributed by atoms with van der Waals surface area (Å²) in [5, 5.41) is 38.4. The van der Waals surface area contributed by atoms with Crippen molar-refractivity contribution in [1.82, 2.24) is 0 Å². The van der Waals surface area contributed by atoms with Crippen molar-refractivity contribution >= 4 is 34.8 Å². The molecule has 88 heavy (non-hydrogen) atoms. The summed E-state index contributed by atoms with van der Waals surface area (Å²) in [5.74, 6) is 0.934. The molecule has 0 aliphatic heterocycles. The summed E-state index contributed by atoms with van der Waals surface area (Å²) < 4.78 is 92.7. The van der Waals surface area contributed by atoms with Crippen molar-refractivity contribution in [1.29, 1.82) is 0 Å². The molecule has 0 heterocycles. The molecule has 0 bridgehead atoms. The van der Waals surface area contributed by atoms with Gasteiger partial charge >= 0.3 is 12.4 Å². The van der Waals surface area contributed by atoms with E-state index in [1.54, 1.807) is 60.7 Å². The van der Waals surface area contributed by atoms with E-state index < -0.39 is 53.6 Å². The lowest BCUT2D eigenvalue weighted by atomic mass is 9.85. The van der Waals surface area contributed by atoms with Crippen LogP contribution in [0.3, 0.4) is 0 Å². The number of hydrogen-bond acceptors (Lipinski definition) is 9. The number of anilines is 3. The number of amides is 3. The summed E-state index contributed by atoms with van der Waals surface area (Å²) in [6.45, 7) is 1.32. The summed E-state index contributed by atoms with van der Waals surface area (Å²) in [4.78, 5) is 36.6. The van der Waals surface area contributed by atoms with Crippen LogP contribution in [-0.2, 0) is 59.4 Å². The molecule has 1 aliphatic rings. The lowest BCUT2D eigenvalue weighted by Crippen LogP contribution is -2.30. The minimum Gasteiger partial charge on any atom is -0.489 e. The zero-order valence-corrected chi connectivity index (χ0v) is 48.3. The third-order valence-electron chi connectivity index (χ3n) is 14.3. The minimum absolute atomic E-state index is 0.0847. The van der Waals surface area contributed by atoms with Gasteiger partial charge in [-0.05, 0) is 151 Å². The maximum Gasteiger partial charge on any atom is 0.416 e. The maximum absolute atomic E-state index is 12.6. The number of carbonyl (C=O) groups is 3. The number of aryl methyl sites for hydroxylation is 2. The van der Waals surface area contributed by atoms with Crippen molar-refractivity contribution < 1.29 is 70.3 Å². The van der Waals surface area contributed by atoms with Crippen LogP contribution in [0.15, 0.2) is 212 Å². The van der Waals surface area contributed by atoms with E-state index in [9.17, 15) is 56.0 Å². The van der Waals surface area contributed by atoms with Crippen molar-refractivity contribution in [3.05, 3.63) is 251 Å². The van der Waals surface area contributed by atoms with E-state index in [4.69, 9.17) is 14.2 Å². The third kappa shape index (κ3) is 23.4. The van der Waals surface area contributed by atoms with Crippen LogP contribution in [0.5, 0.6) is 17.2 Å². The number of aliphatic hydroxyl groups excluding tert-OH is 3. The lowest BCUT2D eigenvalue weighted by molar-refractivity contribution is -0.138. The maximum atomic E-state index is 12.6. The smallest absolute Gasteiger partial charge is 0.416 e. The summed E-state index contributed by atoms with van der Waals surface area (Å²) in [6, 6.07) is 59.5. The fourth-order valence-corrected chi connectivity index (χ4v) is 9.27. The van der Waals surface area contributed by atoms with Gasteiger partial charge in [-0.2, -0.15) is 26.3 Å². The number of halogens is 6. The molecular weight excluding hydrogens is 1140 g/mol. The summed E-state index contributed by atoms with van der Waals surface area (Å²) in [6.07, 6.45) is -5.07. The van der Waals surface area contributed by atoms with Gasteiger partial charge in [0.2, 0.25) is 0 Å². The van der Waals surface area contributed by atoms with Crippen LogP contribution < -0.4 is 30.2 Å². The Labute approximate surface area is 508 Å². The molecule has 0 spiro atoms. The average Bonchev–Trinajstić information content (AvgIpc) is 3.75. The highest BCUT2D eigenvalue weighted by Gasteiger charge is 2.31. The standard InChI is InChI=1S/2C24H22F3NO3.C22H27NO3/c25-24(26,27)19-12-9-17(10-13-19)11-14-22(29)23(30)28-20-7-4-8-21(15-20)31-16-18-5-2-1-3-6-18;25-24(26,27)19-9-6-17(7-10-19)8-15-22(29)23(30)28-20-11-13-21(14-12-20)31-16-18-4-2-1-3-5-18;24-21(15-17-7-3-1-4-8-17)22(25)23-19-11-13-20(14-12-19)26-16-18-9-5-2-6-10-18/h1-10,12-13,15,22,29H,11,14,16H2,(H,28,30);1-7,9-14,22,29H,8,15-16H2,(H,28,30);2,5-6,9-14,17,21,24H,1,3-4,7-8,15-16H2,(H,23,25). The molecule has 3 unspecified atom stereocenters. The predicted molar refractivity (Wildman–Crippen MR) is 326 cm³/mol. The molecule has 1 aliphatic carbocycles. The van der Waals surface area contributed by atoms with Gasteiger partial charge in [0, 0.05) is 23.1 Å². The Balaban J connectivity index is 0.000000189. The number of benzene rings is 8. The number of nitrogens with one attached hydrogen (secondary N) is 3. The zero-order chi connectivity index (χ0) is 62.7. The molecule has 3 amide bonds. The number of ether oxygens (including phenoxy) is 3. The van der Waals surface area contributed by atoms with Gasteiger partial charge in [-0.25, -0.2) is 0 Å². The Morgan fingerprint density at radius 1 is 0.398 bits per heavy atom. The number of alkyl halides is 6. The molecule has 6 N–H and O–H groups in total. The normalized spacial score (nSPS) is 13.4. The van der Waals surface area contributed by atoms with E-state index in [0.29, 0.717) is 71.8 Å². The van der Waals surface area contributed by atoms with Gasteiger partial charge < -0.3 is 45.5 Å². The van der Waals surface area contributed by atoms with Crippen LogP contribution in [0.4, 0.5) is 43.4 Å². The highest BCUT2D eigenvalue weighted by molar-refractivity contribution is 5.95. The first-order chi connectivity index (χ1) is 42.3. The highest BCUT2D eigenvalue weighted by atomic mass is 19.4. The van der Waals surface area contributed by atoms with E-state index in [-0.39, 0.29) is 31.6 Å². The second kappa shape index (κ2) is 33.8. The molecule has 8 aromatic rings. The van der Waals surface area contributed by atoms with Crippen LogP contribution in [0.2, 0.25) is 0 Å². The van der Waals surface area contributed by atoms with E-state index in [2.05, 4.69) is 16.0 Å². The molecule has 1 saturated carbocycles. The van der Waals surface area contributed by atoms with Gasteiger partial charge in [-0.1, -0.05) is 153 Å². The predicted octanol–water partition coefficient (Wildman–Crippen LogP) is 15.0. The Morgan fingerprint density at radius 3 is 1.15 bits per heavy atom. The Kier molecular flexibility index (Phi) is 25.6. The van der Waals surface area contributed by atoms with Gasteiger partial charge in [-0.3, -0.25) is 14.4 Å². The molecule has 1 fully saturated rings. The van der Waals surface area contributed by atoms with Crippen molar-refractivity contribution in [2.24, 2.45) is 5.92 Å². The van der Waals surface area contributed by atoms with Crippen LogP contribution in [0.1, 0.15) is 90.3 Å². The summed E-state index contributed by atoms with van der Waals surface area (Å²) in [5.41, 5.74) is 4.56. The van der Waals surface area contributed by atoms with E-state index in [0.717, 1.165) is 59.5 Å². The summed E-state index contributed by atoms with van der Waals surface area (Å²) in [7, 11) is 0. The number of rotatable bonds is 23. The fourth-order valence-electron chi connectivity index (χ4n) is 9.27.